The lowest BCUT2D eigenvalue weighted by Crippen LogP contribution is -2.02. The fourth-order valence-corrected chi connectivity index (χ4v) is 3.32. The first-order chi connectivity index (χ1) is 9.01. The Balaban J connectivity index is 2.40. The van der Waals surface area contributed by atoms with Crippen molar-refractivity contribution in [2.45, 2.75) is 13.0 Å². The molecule has 0 saturated carbocycles. The first-order valence-corrected chi connectivity index (χ1v) is 7.38. The molecule has 1 N–H and O–H groups in total. The van der Waals surface area contributed by atoms with Crippen molar-refractivity contribution in [3.8, 4) is 5.75 Å². The van der Waals surface area contributed by atoms with E-state index in [0.29, 0.717) is 0 Å². The summed E-state index contributed by atoms with van der Waals surface area (Å²) < 4.78 is 7.04. The lowest BCUT2D eigenvalue weighted by Gasteiger charge is -2.16. The summed E-state index contributed by atoms with van der Waals surface area (Å²) >= 11 is 6.87. The van der Waals surface area contributed by atoms with Gasteiger partial charge < -0.3 is 9.84 Å². The summed E-state index contributed by atoms with van der Waals surface area (Å²) in [5, 5.41) is 10.5. The van der Waals surface area contributed by atoms with Crippen LogP contribution in [0.3, 0.4) is 0 Å². The highest BCUT2D eigenvalue weighted by Gasteiger charge is 2.14. The molecule has 0 aliphatic heterocycles. The summed E-state index contributed by atoms with van der Waals surface area (Å²) in [6, 6.07) is 11.5. The van der Waals surface area contributed by atoms with Gasteiger partial charge in [-0.05, 0) is 53.9 Å². The van der Waals surface area contributed by atoms with Crippen LogP contribution in [0.4, 0.5) is 0 Å². The second-order valence-electron chi connectivity index (χ2n) is 4.33. The van der Waals surface area contributed by atoms with Gasteiger partial charge >= 0.3 is 0 Å². The number of benzene rings is 2. The van der Waals surface area contributed by atoms with Crippen LogP contribution in [0.1, 0.15) is 22.8 Å². The van der Waals surface area contributed by atoms with E-state index in [1.807, 2.05) is 43.3 Å². The second kappa shape index (κ2) is 6.07. The molecule has 2 aromatic rings. The second-order valence-corrected chi connectivity index (χ2v) is 6.16. The Kier molecular flexibility index (Phi) is 4.66. The van der Waals surface area contributed by atoms with E-state index in [9.17, 15) is 5.11 Å². The van der Waals surface area contributed by atoms with Gasteiger partial charge in [-0.15, -0.1) is 0 Å². The Morgan fingerprint density at radius 1 is 1.05 bits per heavy atom. The smallest absolute Gasteiger partial charge is 0.119 e. The minimum Gasteiger partial charge on any atom is -0.497 e. The molecule has 2 nitrogen and oxygen atoms in total. The maximum absolute atomic E-state index is 10.5. The van der Waals surface area contributed by atoms with Crippen LogP contribution >= 0.6 is 31.9 Å². The minimum atomic E-state index is -0.653. The third-order valence-electron chi connectivity index (χ3n) is 2.97. The van der Waals surface area contributed by atoms with Crippen LogP contribution in [-0.2, 0) is 0 Å². The third kappa shape index (κ3) is 3.38. The summed E-state index contributed by atoms with van der Waals surface area (Å²) in [7, 11) is 1.64. The Labute approximate surface area is 129 Å². The SMILES string of the molecule is COc1ccc(C(O)c2cc(Br)cc(Br)c2)c(C)c1. The van der Waals surface area contributed by atoms with Gasteiger partial charge in [-0.1, -0.05) is 37.9 Å². The number of aliphatic hydroxyl groups excluding tert-OH is 1. The quantitative estimate of drug-likeness (QED) is 0.835. The summed E-state index contributed by atoms with van der Waals surface area (Å²) in [5.74, 6) is 0.795. The predicted molar refractivity (Wildman–Crippen MR) is 83.6 cm³/mol. The molecule has 2 aromatic carbocycles. The van der Waals surface area contributed by atoms with E-state index >= 15 is 0 Å². The molecule has 0 spiro atoms. The number of ether oxygens (including phenoxy) is 1. The molecule has 1 unspecified atom stereocenters. The van der Waals surface area contributed by atoms with Crippen LogP contribution in [0.5, 0.6) is 5.75 Å². The zero-order valence-electron chi connectivity index (χ0n) is 10.7. The van der Waals surface area contributed by atoms with Crippen LogP contribution in [0.2, 0.25) is 0 Å². The topological polar surface area (TPSA) is 29.5 Å². The highest BCUT2D eigenvalue weighted by Crippen LogP contribution is 2.31. The summed E-state index contributed by atoms with van der Waals surface area (Å²) in [6.07, 6.45) is -0.653. The molecule has 100 valence electrons. The maximum atomic E-state index is 10.5. The standard InChI is InChI=1S/C15H14Br2O2/c1-9-5-13(19-2)3-4-14(9)15(18)10-6-11(16)8-12(17)7-10/h3-8,15,18H,1-2H3. The number of hydrogen-bond donors (Lipinski definition) is 1. The minimum absolute atomic E-state index is 0.653. The van der Waals surface area contributed by atoms with E-state index in [2.05, 4.69) is 31.9 Å². The van der Waals surface area contributed by atoms with E-state index in [4.69, 9.17) is 4.74 Å². The van der Waals surface area contributed by atoms with Crippen LogP contribution in [-0.4, -0.2) is 12.2 Å². The van der Waals surface area contributed by atoms with Crippen molar-refractivity contribution in [1.29, 1.82) is 0 Å². The molecule has 19 heavy (non-hydrogen) atoms. The Morgan fingerprint density at radius 3 is 2.21 bits per heavy atom. The van der Waals surface area contributed by atoms with E-state index in [0.717, 1.165) is 31.4 Å². The van der Waals surface area contributed by atoms with Crippen LogP contribution < -0.4 is 4.74 Å². The number of aryl methyl sites for hydroxylation is 1. The molecule has 0 fully saturated rings. The highest BCUT2D eigenvalue weighted by atomic mass is 79.9. The molecule has 2 rings (SSSR count). The largest absolute Gasteiger partial charge is 0.497 e. The number of rotatable bonds is 3. The van der Waals surface area contributed by atoms with Crippen molar-refractivity contribution in [3.05, 3.63) is 62.0 Å². The zero-order chi connectivity index (χ0) is 14.0. The molecule has 0 aliphatic carbocycles. The fraction of sp³-hybridized carbons (Fsp3) is 0.200. The van der Waals surface area contributed by atoms with Gasteiger partial charge in [0, 0.05) is 8.95 Å². The first-order valence-electron chi connectivity index (χ1n) is 5.80. The van der Waals surface area contributed by atoms with Gasteiger partial charge in [-0.25, -0.2) is 0 Å². The van der Waals surface area contributed by atoms with Gasteiger partial charge in [0.15, 0.2) is 0 Å². The lowest BCUT2D eigenvalue weighted by atomic mass is 9.97. The van der Waals surface area contributed by atoms with Gasteiger partial charge in [-0.2, -0.15) is 0 Å². The molecule has 0 bridgehead atoms. The van der Waals surface area contributed by atoms with E-state index in [1.165, 1.54) is 0 Å². The number of hydrogen-bond acceptors (Lipinski definition) is 2. The van der Waals surface area contributed by atoms with Crippen molar-refractivity contribution < 1.29 is 9.84 Å². The molecular formula is C15H14Br2O2. The molecule has 0 saturated heterocycles. The average molecular weight is 386 g/mol. The first kappa shape index (κ1) is 14.6. The van der Waals surface area contributed by atoms with Gasteiger partial charge in [0.2, 0.25) is 0 Å². The molecule has 0 amide bonds. The third-order valence-corrected chi connectivity index (χ3v) is 3.89. The van der Waals surface area contributed by atoms with Crippen molar-refractivity contribution in [3.63, 3.8) is 0 Å². The molecule has 1 atom stereocenters. The summed E-state index contributed by atoms with van der Waals surface area (Å²) in [5.41, 5.74) is 2.73. The average Bonchev–Trinajstić information content (AvgIpc) is 2.36. The van der Waals surface area contributed by atoms with Crippen LogP contribution in [0, 0.1) is 6.92 Å². The molecule has 0 aromatic heterocycles. The molecular weight excluding hydrogens is 372 g/mol. The van der Waals surface area contributed by atoms with Crippen molar-refractivity contribution in [2.75, 3.05) is 7.11 Å². The van der Waals surface area contributed by atoms with Gasteiger partial charge in [0.1, 0.15) is 11.9 Å². The normalized spacial score (nSPS) is 12.3. The molecule has 0 aliphatic rings. The van der Waals surface area contributed by atoms with E-state index in [1.54, 1.807) is 7.11 Å². The summed E-state index contributed by atoms with van der Waals surface area (Å²) in [4.78, 5) is 0. The molecule has 0 heterocycles. The van der Waals surface area contributed by atoms with E-state index in [-0.39, 0.29) is 0 Å². The van der Waals surface area contributed by atoms with E-state index < -0.39 is 6.10 Å². The predicted octanol–water partition coefficient (Wildman–Crippen LogP) is 4.61. The highest BCUT2D eigenvalue weighted by molar-refractivity contribution is 9.11. The van der Waals surface area contributed by atoms with Crippen LogP contribution in [0.15, 0.2) is 45.3 Å². The monoisotopic (exact) mass is 384 g/mol. The Morgan fingerprint density at radius 2 is 1.68 bits per heavy atom. The van der Waals surface area contributed by atoms with Gasteiger partial charge in [0.05, 0.1) is 7.11 Å². The van der Waals surface area contributed by atoms with Crippen molar-refractivity contribution in [2.24, 2.45) is 0 Å². The Bertz CT molecular complexity index is 576. The van der Waals surface area contributed by atoms with Crippen LogP contribution in [0.25, 0.3) is 0 Å². The van der Waals surface area contributed by atoms with Crippen molar-refractivity contribution >= 4 is 31.9 Å². The van der Waals surface area contributed by atoms with Gasteiger partial charge in [-0.3, -0.25) is 0 Å². The number of halogens is 2. The molecule has 4 heteroatoms. The summed E-state index contributed by atoms with van der Waals surface area (Å²) in [6.45, 7) is 1.97. The Hall–Kier alpha value is -0.840. The lowest BCUT2D eigenvalue weighted by molar-refractivity contribution is 0.219. The van der Waals surface area contributed by atoms with Gasteiger partial charge in [0.25, 0.3) is 0 Å². The zero-order valence-corrected chi connectivity index (χ0v) is 13.8. The maximum Gasteiger partial charge on any atom is 0.119 e. The number of aliphatic hydroxyl groups is 1. The number of methoxy groups -OCH3 is 1. The van der Waals surface area contributed by atoms with Crippen molar-refractivity contribution in [1.82, 2.24) is 0 Å². The molecule has 0 radical (unpaired) electrons. The fourth-order valence-electron chi connectivity index (χ4n) is 1.99.